The fourth-order valence-electron chi connectivity index (χ4n) is 4.52. The molecule has 0 N–H and O–H groups in total. The van der Waals surface area contributed by atoms with E-state index in [0.29, 0.717) is 17.4 Å². The van der Waals surface area contributed by atoms with Gasteiger partial charge in [0.2, 0.25) is 0 Å². The topological polar surface area (TPSA) is 25.2 Å². The average Bonchev–Trinajstić information content (AvgIpc) is 3.59. The van der Waals surface area contributed by atoms with E-state index in [1.807, 2.05) is 4.57 Å². The molecule has 3 heteroatoms. The summed E-state index contributed by atoms with van der Waals surface area (Å²) in [6.45, 7) is 3.05. The van der Waals surface area contributed by atoms with Crippen molar-refractivity contribution in [2.45, 2.75) is 56.9 Å². The Morgan fingerprint density at radius 2 is 1.58 bits per heavy atom. The number of aromatic nitrogens is 1. The fourth-order valence-corrected chi connectivity index (χ4v) is 4.52. The van der Waals surface area contributed by atoms with Gasteiger partial charge in [0.05, 0.1) is 0 Å². The van der Waals surface area contributed by atoms with E-state index in [4.69, 9.17) is 0 Å². The molecule has 1 saturated heterocycles. The number of nitrogens with zero attached hydrogens (tertiary/aromatic N) is 2. The molecule has 2 saturated carbocycles. The Kier molecular flexibility index (Phi) is 4.11. The van der Waals surface area contributed by atoms with Gasteiger partial charge in [-0.2, -0.15) is 0 Å². The monoisotopic (exact) mass is 348 g/mol. The Bertz CT molecular complexity index is 825. The number of hydrogen-bond donors (Lipinski definition) is 0. The van der Waals surface area contributed by atoms with Crippen LogP contribution in [0.4, 0.5) is 5.69 Å². The molecule has 3 aliphatic rings. The number of piperidine rings is 1. The minimum atomic E-state index is 0.294. The Labute approximate surface area is 155 Å². The molecule has 1 aromatic heterocycles. The van der Waals surface area contributed by atoms with E-state index in [2.05, 4.69) is 47.5 Å². The molecule has 0 atom stereocenters. The molecule has 2 heterocycles. The van der Waals surface area contributed by atoms with Crippen molar-refractivity contribution in [3.8, 4) is 0 Å². The minimum Gasteiger partial charge on any atom is -0.371 e. The average molecular weight is 348 g/mol. The van der Waals surface area contributed by atoms with Crippen molar-refractivity contribution in [2.75, 3.05) is 18.0 Å². The third-order valence-electron chi connectivity index (χ3n) is 6.42. The quantitative estimate of drug-likeness (QED) is 0.794. The first-order valence-electron chi connectivity index (χ1n) is 10.3. The second-order valence-corrected chi connectivity index (χ2v) is 8.46. The van der Waals surface area contributed by atoms with E-state index in [9.17, 15) is 4.79 Å². The van der Waals surface area contributed by atoms with E-state index >= 15 is 0 Å². The Hall–Kier alpha value is -2.03. The van der Waals surface area contributed by atoms with Crippen LogP contribution in [0.5, 0.6) is 0 Å². The highest BCUT2D eigenvalue weighted by molar-refractivity contribution is 5.55. The fraction of sp³-hybridized carbons (Fsp3) is 0.522. The summed E-state index contributed by atoms with van der Waals surface area (Å²) in [7, 11) is 0. The molecule has 1 aliphatic heterocycles. The minimum absolute atomic E-state index is 0.294. The van der Waals surface area contributed by atoms with E-state index in [-0.39, 0.29) is 0 Å². The van der Waals surface area contributed by atoms with Crippen LogP contribution in [-0.2, 0) is 6.54 Å². The lowest BCUT2D eigenvalue weighted by atomic mass is 9.89. The lowest BCUT2D eigenvalue weighted by molar-refractivity contribution is 0.503. The second-order valence-electron chi connectivity index (χ2n) is 8.46. The van der Waals surface area contributed by atoms with E-state index in [0.717, 1.165) is 31.1 Å². The van der Waals surface area contributed by atoms with Crippen LogP contribution < -0.4 is 10.5 Å². The summed E-state index contributed by atoms with van der Waals surface area (Å²) >= 11 is 0. The van der Waals surface area contributed by atoms with Gasteiger partial charge in [-0.1, -0.05) is 30.3 Å². The van der Waals surface area contributed by atoms with Crippen molar-refractivity contribution in [1.29, 1.82) is 0 Å². The molecule has 5 rings (SSSR count). The molecule has 0 spiro atoms. The van der Waals surface area contributed by atoms with Crippen molar-refractivity contribution in [1.82, 2.24) is 4.57 Å². The van der Waals surface area contributed by atoms with Gasteiger partial charge < -0.3 is 9.47 Å². The molecule has 0 amide bonds. The zero-order valence-corrected chi connectivity index (χ0v) is 15.4. The van der Waals surface area contributed by atoms with E-state index in [1.54, 1.807) is 0 Å². The third-order valence-corrected chi connectivity index (χ3v) is 6.42. The zero-order valence-electron chi connectivity index (χ0n) is 15.4. The van der Waals surface area contributed by atoms with Crippen LogP contribution >= 0.6 is 0 Å². The highest BCUT2D eigenvalue weighted by Crippen LogP contribution is 2.43. The van der Waals surface area contributed by atoms with Gasteiger partial charge in [0.1, 0.15) is 0 Å². The standard InChI is InChI=1S/C23H28N2O/c26-23-22(20-8-9-20)21(12-15-25(23)16-17-6-7-17)24-13-10-19(11-14-24)18-4-2-1-3-5-18/h1-5,12,15,17,19-20H,6-11,13-14,16H2. The van der Waals surface area contributed by atoms with E-state index < -0.39 is 0 Å². The molecule has 0 bridgehead atoms. The van der Waals surface area contributed by atoms with Crippen LogP contribution in [0, 0.1) is 5.92 Å². The smallest absolute Gasteiger partial charge is 0.256 e. The number of pyridine rings is 1. The van der Waals surface area contributed by atoms with Gasteiger partial charge in [-0.05, 0) is 67.9 Å². The number of rotatable bonds is 5. The van der Waals surface area contributed by atoms with Crippen LogP contribution in [0.15, 0.2) is 47.4 Å². The summed E-state index contributed by atoms with van der Waals surface area (Å²) in [5, 5.41) is 0. The van der Waals surface area contributed by atoms with Crippen molar-refractivity contribution in [3.63, 3.8) is 0 Å². The van der Waals surface area contributed by atoms with Crippen molar-refractivity contribution in [2.24, 2.45) is 5.92 Å². The maximum absolute atomic E-state index is 13.1. The van der Waals surface area contributed by atoms with Crippen LogP contribution in [0.1, 0.15) is 61.5 Å². The van der Waals surface area contributed by atoms with Gasteiger partial charge in [-0.15, -0.1) is 0 Å². The van der Waals surface area contributed by atoms with Gasteiger partial charge in [0, 0.05) is 37.1 Å². The highest BCUT2D eigenvalue weighted by atomic mass is 16.1. The molecule has 2 aromatic rings. The van der Waals surface area contributed by atoms with Crippen LogP contribution in [-0.4, -0.2) is 17.7 Å². The number of benzene rings is 1. The molecular formula is C23H28N2O. The summed E-state index contributed by atoms with van der Waals surface area (Å²) in [6, 6.07) is 13.1. The Morgan fingerprint density at radius 3 is 2.23 bits per heavy atom. The van der Waals surface area contributed by atoms with Crippen molar-refractivity contribution in [3.05, 3.63) is 64.1 Å². The summed E-state index contributed by atoms with van der Waals surface area (Å²) in [6.07, 6.45) is 9.38. The van der Waals surface area contributed by atoms with Crippen molar-refractivity contribution >= 4 is 5.69 Å². The first-order chi connectivity index (χ1) is 12.8. The molecule has 3 nitrogen and oxygen atoms in total. The van der Waals surface area contributed by atoms with Gasteiger partial charge in [0.15, 0.2) is 0 Å². The largest absolute Gasteiger partial charge is 0.371 e. The van der Waals surface area contributed by atoms with Gasteiger partial charge in [-0.25, -0.2) is 0 Å². The third kappa shape index (κ3) is 3.20. The van der Waals surface area contributed by atoms with Crippen LogP contribution in [0.2, 0.25) is 0 Å². The van der Waals surface area contributed by atoms with Crippen LogP contribution in [0.25, 0.3) is 0 Å². The molecule has 0 radical (unpaired) electrons. The lowest BCUT2D eigenvalue weighted by Gasteiger charge is -2.35. The molecular weight excluding hydrogens is 320 g/mol. The molecule has 136 valence electrons. The summed E-state index contributed by atoms with van der Waals surface area (Å²) in [5.41, 5.74) is 4.11. The van der Waals surface area contributed by atoms with Gasteiger partial charge in [0.25, 0.3) is 5.56 Å². The first kappa shape index (κ1) is 16.2. The molecule has 3 fully saturated rings. The maximum atomic E-state index is 13.1. The molecule has 0 unspecified atom stereocenters. The first-order valence-corrected chi connectivity index (χ1v) is 10.3. The number of hydrogen-bond acceptors (Lipinski definition) is 2. The number of anilines is 1. The normalized spacial score (nSPS) is 21.2. The zero-order chi connectivity index (χ0) is 17.5. The second kappa shape index (κ2) is 6.61. The predicted octanol–water partition coefficient (Wildman–Crippen LogP) is 4.52. The SMILES string of the molecule is O=c1c(C2CC2)c(N2CCC(c3ccccc3)CC2)ccn1CC1CC1. The van der Waals surface area contributed by atoms with Gasteiger partial charge >= 0.3 is 0 Å². The van der Waals surface area contributed by atoms with E-state index in [1.165, 1.54) is 49.8 Å². The Morgan fingerprint density at radius 1 is 0.846 bits per heavy atom. The summed E-state index contributed by atoms with van der Waals surface area (Å²) in [5.74, 6) is 1.91. The maximum Gasteiger partial charge on any atom is 0.256 e. The van der Waals surface area contributed by atoms with Gasteiger partial charge in [-0.3, -0.25) is 4.79 Å². The molecule has 2 aliphatic carbocycles. The predicted molar refractivity (Wildman–Crippen MR) is 106 cm³/mol. The molecule has 26 heavy (non-hydrogen) atoms. The highest BCUT2D eigenvalue weighted by Gasteiger charge is 2.33. The van der Waals surface area contributed by atoms with Crippen molar-refractivity contribution < 1.29 is 0 Å². The summed E-state index contributed by atoms with van der Waals surface area (Å²) < 4.78 is 1.99. The van der Waals surface area contributed by atoms with Crippen LogP contribution in [0.3, 0.4) is 0 Å². The lowest BCUT2D eigenvalue weighted by Crippen LogP contribution is -2.36. The molecule has 1 aromatic carbocycles. The summed E-state index contributed by atoms with van der Waals surface area (Å²) in [4.78, 5) is 15.6. The Balaban J connectivity index is 1.37.